The maximum atomic E-state index is 5.96. The minimum atomic E-state index is 0.333. The third-order valence-electron chi connectivity index (χ3n) is 3.47. The van der Waals surface area contributed by atoms with Crippen LogP contribution in [0.25, 0.3) is 0 Å². The maximum absolute atomic E-state index is 5.96. The minimum absolute atomic E-state index is 0.333. The van der Waals surface area contributed by atoms with Crippen molar-refractivity contribution in [3.8, 4) is 0 Å². The smallest absolute Gasteiger partial charge is 0.0482 e. The molecule has 1 atom stereocenters. The van der Waals surface area contributed by atoms with Gasteiger partial charge < -0.3 is 10.6 Å². The molecule has 0 radical (unpaired) electrons. The quantitative estimate of drug-likeness (QED) is 0.922. The second kappa shape index (κ2) is 5.96. The van der Waals surface area contributed by atoms with Gasteiger partial charge in [-0.3, -0.25) is 4.90 Å². The van der Waals surface area contributed by atoms with Crippen LogP contribution in [-0.4, -0.2) is 49.6 Å². The van der Waals surface area contributed by atoms with Crippen LogP contribution >= 0.6 is 15.9 Å². The summed E-state index contributed by atoms with van der Waals surface area (Å²) in [5.74, 6) is 0. The number of halogens is 1. The second-order valence-electron chi connectivity index (χ2n) is 4.61. The topological polar surface area (TPSA) is 32.5 Å². The number of nitrogens with two attached hydrogens (primary N) is 1. The van der Waals surface area contributed by atoms with Gasteiger partial charge in [0, 0.05) is 43.2 Å². The molecule has 1 unspecified atom stereocenters. The van der Waals surface area contributed by atoms with E-state index < -0.39 is 0 Å². The highest BCUT2D eigenvalue weighted by molar-refractivity contribution is 9.10. The normalized spacial score (nSPS) is 20.4. The number of rotatable bonds is 3. The second-order valence-corrected chi connectivity index (χ2v) is 5.47. The van der Waals surface area contributed by atoms with Crippen LogP contribution in [0.3, 0.4) is 0 Å². The van der Waals surface area contributed by atoms with E-state index in [2.05, 4.69) is 51.0 Å². The van der Waals surface area contributed by atoms with Crippen molar-refractivity contribution in [2.75, 3.05) is 39.8 Å². The van der Waals surface area contributed by atoms with Crippen LogP contribution in [0.15, 0.2) is 28.7 Å². The Hall–Kier alpha value is -0.420. The van der Waals surface area contributed by atoms with Crippen molar-refractivity contribution in [2.45, 2.75) is 6.04 Å². The molecule has 94 valence electrons. The van der Waals surface area contributed by atoms with E-state index in [9.17, 15) is 0 Å². The molecule has 4 heteroatoms. The van der Waals surface area contributed by atoms with Gasteiger partial charge in [0.2, 0.25) is 0 Å². The molecule has 0 saturated carbocycles. The summed E-state index contributed by atoms with van der Waals surface area (Å²) in [4.78, 5) is 4.85. The van der Waals surface area contributed by atoms with Crippen LogP contribution in [0.5, 0.6) is 0 Å². The zero-order chi connectivity index (χ0) is 12.3. The third-order valence-corrected chi connectivity index (χ3v) is 4.19. The van der Waals surface area contributed by atoms with Crippen molar-refractivity contribution >= 4 is 15.9 Å². The fourth-order valence-corrected chi connectivity index (χ4v) is 2.90. The van der Waals surface area contributed by atoms with E-state index in [1.165, 1.54) is 5.56 Å². The van der Waals surface area contributed by atoms with Crippen LogP contribution < -0.4 is 5.73 Å². The summed E-state index contributed by atoms with van der Waals surface area (Å²) in [6, 6.07) is 8.72. The molecule has 3 nitrogen and oxygen atoms in total. The van der Waals surface area contributed by atoms with Crippen molar-refractivity contribution in [3.05, 3.63) is 34.3 Å². The predicted octanol–water partition coefficient (Wildman–Crippen LogP) is 1.70. The van der Waals surface area contributed by atoms with Crippen LogP contribution in [0, 0.1) is 0 Å². The highest BCUT2D eigenvalue weighted by Crippen LogP contribution is 2.27. The van der Waals surface area contributed by atoms with E-state index >= 15 is 0 Å². The Morgan fingerprint density at radius 3 is 2.47 bits per heavy atom. The molecule has 2 rings (SSSR count). The van der Waals surface area contributed by atoms with Crippen molar-refractivity contribution in [1.82, 2.24) is 9.80 Å². The molecular weight excluding hydrogens is 278 g/mol. The summed E-state index contributed by atoms with van der Waals surface area (Å²) in [5, 5.41) is 0. The van der Waals surface area contributed by atoms with Crippen LogP contribution in [0.1, 0.15) is 11.6 Å². The van der Waals surface area contributed by atoms with E-state index in [-0.39, 0.29) is 0 Å². The Morgan fingerprint density at radius 1 is 1.24 bits per heavy atom. The average molecular weight is 298 g/mol. The largest absolute Gasteiger partial charge is 0.329 e. The first-order valence-corrected chi connectivity index (χ1v) is 6.88. The van der Waals surface area contributed by atoms with Crippen LogP contribution in [-0.2, 0) is 0 Å². The molecule has 0 amide bonds. The lowest BCUT2D eigenvalue weighted by molar-refractivity contribution is 0.114. The first kappa shape index (κ1) is 13.0. The molecule has 2 N–H and O–H groups in total. The van der Waals surface area contributed by atoms with Gasteiger partial charge in [-0.15, -0.1) is 0 Å². The van der Waals surface area contributed by atoms with Gasteiger partial charge in [0.1, 0.15) is 0 Å². The van der Waals surface area contributed by atoms with E-state index in [0.29, 0.717) is 12.6 Å². The fourth-order valence-electron chi connectivity index (χ4n) is 2.35. The van der Waals surface area contributed by atoms with E-state index in [4.69, 9.17) is 5.73 Å². The summed E-state index contributed by atoms with van der Waals surface area (Å²) < 4.78 is 1.16. The van der Waals surface area contributed by atoms with E-state index in [1.54, 1.807) is 0 Å². The Labute approximate surface area is 112 Å². The monoisotopic (exact) mass is 297 g/mol. The molecule has 17 heavy (non-hydrogen) atoms. The molecule has 1 aliphatic heterocycles. The third kappa shape index (κ3) is 3.07. The van der Waals surface area contributed by atoms with Gasteiger partial charge in [0.05, 0.1) is 0 Å². The Kier molecular flexibility index (Phi) is 4.56. The zero-order valence-electron chi connectivity index (χ0n) is 10.3. The number of hydrogen-bond donors (Lipinski definition) is 1. The highest BCUT2D eigenvalue weighted by Gasteiger charge is 2.23. The lowest BCUT2D eigenvalue weighted by Crippen LogP contribution is -2.47. The number of hydrogen-bond acceptors (Lipinski definition) is 3. The van der Waals surface area contributed by atoms with Crippen molar-refractivity contribution < 1.29 is 0 Å². The lowest BCUT2D eigenvalue weighted by Gasteiger charge is -2.38. The van der Waals surface area contributed by atoms with E-state index in [1.807, 2.05) is 6.07 Å². The summed E-state index contributed by atoms with van der Waals surface area (Å²) in [7, 11) is 2.17. The van der Waals surface area contributed by atoms with Gasteiger partial charge in [-0.1, -0.05) is 34.1 Å². The molecule has 1 aromatic carbocycles. The number of nitrogens with zero attached hydrogens (tertiary/aromatic N) is 2. The Morgan fingerprint density at radius 2 is 1.88 bits per heavy atom. The average Bonchev–Trinajstić information content (AvgIpc) is 2.35. The lowest BCUT2D eigenvalue weighted by atomic mass is 10.0. The van der Waals surface area contributed by atoms with Gasteiger partial charge in [0.25, 0.3) is 0 Å². The molecule has 1 fully saturated rings. The molecule has 1 aromatic rings. The Balaban J connectivity index is 2.14. The number of piperazine rings is 1. The number of likely N-dealkylation sites (N-methyl/N-ethyl adjacent to an activating group) is 1. The van der Waals surface area contributed by atoms with Gasteiger partial charge in [-0.05, 0) is 18.7 Å². The van der Waals surface area contributed by atoms with Crippen molar-refractivity contribution in [2.24, 2.45) is 5.73 Å². The standard InChI is InChI=1S/C13H20BrN3/c1-16-6-8-17(9-7-16)13(10-15)11-4-2-3-5-12(11)14/h2-5,13H,6-10,15H2,1H3. The Bertz CT molecular complexity index is 361. The number of benzene rings is 1. The summed E-state index contributed by atoms with van der Waals surface area (Å²) in [6.45, 7) is 5.12. The van der Waals surface area contributed by atoms with Crippen LogP contribution in [0.2, 0.25) is 0 Å². The fraction of sp³-hybridized carbons (Fsp3) is 0.538. The van der Waals surface area contributed by atoms with Crippen molar-refractivity contribution in [1.29, 1.82) is 0 Å². The molecule has 1 heterocycles. The van der Waals surface area contributed by atoms with Gasteiger partial charge in [-0.25, -0.2) is 0 Å². The highest BCUT2D eigenvalue weighted by atomic mass is 79.9. The summed E-state index contributed by atoms with van der Waals surface area (Å²) in [6.07, 6.45) is 0. The SMILES string of the molecule is CN1CCN(C(CN)c2ccccc2Br)CC1. The van der Waals surface area contributed by atoms with Crippen LogP contribution in [0.4, 0.5) is 0 Å². The predicted molar refractivity (Wildman–Crippen MR) is 75.0 cm³/mol. The van der Waals surface area contributed by atoms with Gasteiger partial charge in [-0.2, -0.15) is 0 Å². The zero-order valence-corrected chi connectivity index (χ0v) is 11.9. The van der Waals surface area contributed by atoms with Gasteiger partial charge in [0.15, 0.2) is 0 Å². The molecular formula is C13H20BrN3. The molecule has 1 saturated heterocycles. The van der Waals surface area contributed by atoms with Crippen molar-refractivity contribution in [3.63, 3.8) is 0 Å². The maximum Gasteiger partial charge on any atom is 0.0482 e. The van der Waals surface area contributed by atoms with Gasteiger partial charge >= 0.3 is 0 Å². The first-order chi connectivity index (χ1) is 8.22. The van der Waals surface area contributed by atoms with E-state index in [0.717, 1.165) is 30.7 Å². The minimum Gasteiger partial charge on any atom is -0.329 e. The molecule has 0 aromatic heterocycles. The molecule has 1 aliphatic rings. The molecule has 0 aliphatic carbocycles. The molecule has 0 spiro atoms. The first-order valence-electron chi connectivity index (χ1n) is 6.09. The summed E-state index contributed by atoms with van der Waals surface area (Å²) >= 11 is 3.62. The summed E-state index contributed by atoms with van der Waals surface area (Å²) in [5.41, 5.74) is 7.27. The molecule has 0 bridgehead atoms.